The fraction of sp³-hybridized carbons (Fsp3) is 0.462. The van der Waals surface area contributed by atoms with Crippen LogP contribution in [-0.2, 0) is 4.74 Å². The van der Waals surface area contributed by atoms with E-state index in [2.05, 4.69) is 4.99 Å². The molecule has 0 saturated carbocycles. The molecule has 6 heteroatoms. The Kier molecular flexibility index (Phi) is 4.47. The van der Waals surface area contributed by atoms with Crippen LogP contribution in [0.25, 0.3) is 0 Å². The Balaban J connectivity index is 2.05. The number of methoxy groups -OCH3 is 1. The summed E-state index contributed by atoms with van der Waals surface area (Å²) in [5, 5.41) is 18.2. The first-order valence-electron chi connectivity index (χ1n) is 5.94. The predicted molar refractivity (Wildman–Crippen MR) is 66.8 cm³/mol. The molecule has 1 aliphatic rings. The second-order valence-electron chi connectivity index (χ2n) is 4.29. The van der Waals surface area contributed by atoms with E-state index in [1.54, 1.807) is 0 Å². The van der Waals surface area contributed by atoms with Gasteiger partial charge in [0.15, 0.2) is 6.29 Å². The lowest BCUT2D eigenvalue weighted by molar-refractivity contribution is -0.0116. The number of aliphatic imine (C=N–C) groups is 1. The molecular weight excluding hydrogens is 253 g/mol. The maximum Gasteiger partial charge on any atom is 0.191 e. The van der Waals surface area contributed by atoms with Gasteiger partial charge in [0.05, 0.1) is 12.3 Å². The quantitative estimate of drug-likeness (QED) is 0.791. The van der Waals surface area contributed by atoms with Crippen molar-refractivity contribution in [3.63, 3.8) is 0 Å². The van der Waals surface area contributed by atoms with E-state index in [-0.39, 0.29) is 30.3 Å². The lowest BCUT2D eigenvalue weighted by atomic mass is 10.0. The molecule has 2 atom stereocenters. The average molecular weight is 269 g/mol. The van der Waals surface area contributed by atoms with Crippen molar-refractivity contribution in [3.05, 3.63) is 30.1 Å². The molecule has 2 unspecified atom stereocenters. The molecule has 5 nitrogen and oxygen atoms in total. The predicted octanol–water partition coefficient (Wildman–Crippen LogP) is 0.744. The van der Waals surface area contributed by atoms with E-state index < -0.39 is 6.29 Å². The molecule has 0 radical (unpaired) electrons. The van der Waals surface area contributed by atoms with Gasteiger partial charge in [0, 0.05) is 13.5 Å². The van der Waals surface area contributed by atoms with E-state index in [0.717, 1.165) is 0 Å². The zero-order valence-corrected chi connectivity index (χ0v) is 10.5. The van der Waals surface area contributed by atoms with Crippen molar-refractivity contribution >= 4 is 5.71 Å². The molecule has 1 heterocycles. The van der Waals surface area contributed by atoms with Gasteiger partial charge in [-0.1, -0.05) is 0 Å². The summed E-state index contributed by atoms with van der Waals surface area (Å²) in [6.45, 7) is 0.267. The zero-order valence-electron chi connectivity index (χ0n) is 10.5. The first kappa shape index (κ1) is 13.9. The van der Waals surface area contributed by atoms with Gasteiger partial charge in [-0.05, 0) is 24.3 Å². The topological polar surface area (TPSA) is 71.3 Å². The Hall–Kier alpha value is -1.50. The molecule has 2 N–H and O–H groups in total. The summed E-state index contributed by atoms with van der Waals surface area (Å²) in [6, 6.07) is 5.68. The van der Waals surface area contributed by atoms with Gasteiger partial charge in [-0.15, -0.1) is 0 Å². The van der Waals surface area contributed by atoms with Crippen LogP contribution in [0.15, 0.2) is 29.3 Å². The van der Waals surface area contributed by atoms with Crippen LogP contribution in [0.4, 0.5) is 4.39 Å². The number of ether oxygens (including phenoxy) is 2. The standard InChI is InChI=1S/C13H16FNO4/c1-18-11-6-10(13(16)17)15-7-12(11)19-9-4-2-8(14)3-5-9/h2-5,11-13,16-17H,6-7H2,1H3. The fourth-order valence-corrected chi connectivity index (χ4v) is 1.95. The fourth-order valence-electron chi connectivity index (χ4n) is 1.95. The zero-order chi connectivity index (χ0) is 13.8. The minimum Gasteiger partial charge on any atom is -0.486 e. The van der Waals surface area contributed by atoms with Crippen molar-refractivity contribution in [1.29, 1.82) is 0 Å². The van der Waals surface area contributed by atoms with Crippen molar-refractivity contribution in [2.75, 3.05) is 13.7 Å². The van der Waals surface area contributed by atoms with Gasteiger partial charge in [-0.3, -0.25) is 4.99 Å². The second kappa shape index (κ2) is 6.10. The van der Waals surface area contributed by atoms with Crippen LogP contribution in [0, 0.1) is 5.82 Å². The third-order valence-electron chi connectivity index (χ3n) is 3.00. The number of rotatable bonds is 4. The summed E-state index contributed by atoms with van der Waals surface area (Å²) in [7, 11) is 1.53. The van der Waals surface area contributed by atoms with Crippen molar-refractivity contribution in [2.45, 2.75) is 24.9 Å². The second-order valence-corrected chi connectivity index (χ2v) is 4.29. The van der Waals surface area contributed by atoms with Crippen LogP contribution in [0.1, 0.15) is 6.42 Å². The van der Waals surface area contributed by atoms with Gasteiger partial charge in [-0.2, -0.15) is 0 Å². The average Bonchev–Trinajstić information content (AvgIpc) is 2.41. The van der Waals surface area contributed by atoms with Gasteiger partial charge >= 0.3 is 0 Å². The van der Waals surface area contributed by atoms with E-state index in [1.165, 1.54) is 31.4 Å². The molecule has 104 valence electrons. The highest BCUT2D eigenvalue weighted by Crippen LogP contribution is 2.20. The normalized spacial score (nSPS) is 23.3. The first-order chi connectivity index (χ1) is 9.10. The van der Waals surface area contributed by atoms with Crippen molar-refractivity contribution in [2.24, 2.45) is 4.99 Å². The summed E-state index contributed by atoms with van der Waals surface area (Å²) >= 11 is 0. The van der Waals surface area contributed by atoms with E-state index in [0.29, 0.717) is 12.2 Å². The van der Waals surface area contributed by atoms with E-state index >= 15 is 0 Å². The van der Waals surface area contributed by atoms with Crippen LogP contribution in [0.5, 0.6) is 5.75 Å². The molecule has 0 bridgehead atoms. The lowest BCUT2D eigenvalue weighted by Crippen LogP contribution is -2.43. The van der Waals surface area contributed by atoms with Crippen LogP contribution in [0.2, 0.25) is 0 Å². The van der Waals surface area contributed by atoms with Gasteiger partial charge in [0.1, 0.15) is 23.8 Å². The molecule has 0 spiro atoms. The van der Waals surface area contributed by atoms with Gasteiger partial charge in [0.2, 0.25) is 0 Å². The molecule has 19 heavy (non-hydrogen) atoms. The lowest BCUT2D eigenvalue weighted by Gasteiger charge is -2.30. The number of hydrogen-bond acceptors (Lipinski definition) is 5. The molecule has 1 aromatic carbocycles. The van der Waals surface area contributed by atoms with Crippen LogP contribution >= 0.6 is 0 Å². The third-order valence-corrected chi connectivity index (χ3v) is 3.00. The summed E-state index contributed by atoms with van der Waals surface area (Å²) in [5.41, 5.74) is 0.283. The molecule has 0 amide bonds. The molecule has 0 saturated heterocycles. The number of aliphatic hydroxyl groups is 2. The molecule has 1 aliphatic heterocycles. The van der Waals surface area contributed by atoms with Crippen LogP contribution in [0.3, 0.4) is 0 Å². The Labute approximate surface area is 110 Å². The highest BCUT2D eigenvalue weighted by Gasteiger charge is 2.30. The van der Waals surface area contributed by atoms with Crippen LogP contribution < -0.4 is 4.74 Å². The number of halogens is 1. The van der Waals surface area contributed by atoms with Gasteiger partial charge < -0.3 is 19.7 Å². The Bertz CT molecular complexity index is 446. The van der Waals surface area contributed by atoms with E-state index in [9.17, 15) is 4.39 Å². The number of aliphatic hydroxyl groups excluding tert-OH is 1. The van der Waals surface area contributed by atoms with Crippen molar-refractivity contribution < 1.29 is 24.1 Å². The SMILES string of the molecule is COC1CC(C(O)O)=NCC1Oc1ccc(F)cc1. The van der Waals surface area contributed by atoms with E-state index in [4.69, 9.17) is 19.7 Å². The first-order valence-corrected chi connectivity index (χ1v) is 5.94. The van der Waals surface area contributed by atoms with Gasteiger partial charge in [0.25, 0.3) is 0 Å². The Morgan fingerprint density at radius 3 is 2.53 bits per heavy atom. The minimum absolute atomic E-state index is 0.267. The molecule has 1 aromatic rings. The van der Waals surface area contributed by atoms with Crippen LogP contribution in [-0.4, -0.2) is 48.1 Å². The largest absolute Gasteiger partial charge is 0.486 e. The summed E-state index contributed by atoms with van der Waals surface area (Å²) < 4.78 is 23.7. The number of nitrogens with zero attached hydrogens (tertiary/aromatic N) is 1. The van der Waals surface area contributed by atoms with Crippen molar-refractivity contribution in [3.8, 4) is 5.75 Å². The number of benzene rings is 1. The summed E-state index contributed by atoms with van der Waals surface area (Å²) in [6.07, 6.45) is -1.93. The Morgan fingerprint density at radius 2 is 1.95 bits per heavy atom. The highest BCUT2D eigenvalue weighted by molar-refractivity contribution is 5.88. The molecular formula is C13H16FNO4. The summed E-state index contributed by atoms with van der Waals surface area (Å²) in [4.78, 5) is 4.06. The highest BCUT2D eigenvalue weighted by atomic mass is 19.1. The smallest absolute Gasteiger partial charge is 0.191 e. The molecule has 0 fully saturated rings. The van der Waals surface area contributed by atoms with E-state index in [1.807, 2.05) is 0 Å². The minimum atomic E-state index is -1.57. The molecule has 0 aromatic heterocycles. The maximum absolute atomic E-state index is 12.8. The Morgan fingerprint density at radius 1 is 1.26 bits per heavy atom. The molecule has 0 aliphatic carbocycles. The number of hydrogen-bond donors (Lipinski definition) is 2. The third kappa shape index (κ3) is 3.50. The summed E-state index contributed by atoms with van der Waals surface area (Å²) in [5.74, 6) is 0.194. The van der Waals surface area contributed by atoms with Gasteiger partial charge in [-0.25, -0.2) is 4.39 Å². The maximum atomic E-state index is 12.8. The monoisotopic (exact) mass is 269 g/mol. The van der Waals surface area contributed by atoms with Crippen molar-refractivity contribution in [1.82, 2.24) is 0 Å². The molecule has 2 rings (SSSR count).